The van der Waals surface area contributed by atoms with Crippen molar-refractivity contribution in [1.29, 1.82) is 0 Å². The van der Waals surface area contributed by atoms with Crippen molar-refractivity contribution in [2.45, 2.75) is 50.2 Å². The molecule has 2 aliphatic rings. The van der Waals surface area contributed by atoms with E-state index in [2.05, 4.69) is 27.5 Å². The summed E-state index contributed by atoms with van der Waals surface area (Å²) in [6.07, 6.45) is 5.50. The predicted octanol–water partition coefficient (Wildman–Crippen LogP) is 2.22. The van der Waals surface area contributed by atoms with E-state index in [9.17, 15) is 14.9 Å². The van der Waals surface area contributed by atoms with Crippen molar-refractivity contribution < 1.29 is 9.72 Å². The van der Waals surface area contributed by atoms with Crippen LogP contribution in [-0.2, 0) is 0 Å². The van der Waals surface area contributed by atoms with Crippen molar-refractivity contribution in [3.8, 4) is 0 Å². The highest BCUT2D eigenvalue weighted by Gasteiger charge is 2.36. The molecule has 8 heteroatoms. The molecule has 1 aromatic carbocycles. The monoisotopic (exact) mass is 343 g/mol. The number of piperidine rings is 2. The van der Waals surface area contributed by atoms with E-state index >= 15 is 0 Å². The fourth-order valence-electron chi connectivity index (χ4n) is 4.28. The van der Waals surface area contributed by atoms with Crippen LogP contribution in [0, 0.1) is 10.1 Å². The number of aromatic amines is 1. The van der Waals surface area contributed by atoms with E-state index in [1.54, 1.807) is 6.07 Å². The molecule has 2 N–H and O–H groups in total. The number of benzene rings is 1. The number of fused-ring (bicyclic) bond motifs is 3. The van der Waals surface area contributed by atoms with Crippen molar-refractivity contribution in [2.75, 3.05) is 7.05 Å². The molecule has 8 nitrogen and oxygen atoms in total. The molecule has 4 rings (SSSR count). The van der Waals surface area contributed by atoms with Gasteiger partial charge in [0.15, 0.2) is 5.69 Å². The Hall–Kier alpha value is -2.48. The van der Waals surface area contributed by atoms with E-state index in [0.29, 0.717) is 23.0 Å². The van der Waals surface area contributed by atoms with Crippen LogP contribution >= 0.6 is 0 Å². The van der Waals surface area contributed by atoms with Crippen LogP contribution in [0.3, 0.4) is 0 Å². The van der Waals surface area contributed by atoms with Crippen LogP contribution in [0.5, 0.6) is 0 Å². The summed E-state index contributed by atoms with van der Waals surface area (Å²) >= 11 is 0. The second-order valence-electron chi connectivity index (χ2n) is 7.11. The van der Waals surface area contributed by atoms with Gasteiger partial charge in [0.1, 0.15) is 0 Å². The number of nitro benzene ring substituents is 1. The van der Waals surface area contributed by atoms with Gasteiger partial charge >= 0.3 is 0 Å². The predicted molar refractivity (Wildman–Crippen MR) is 92.4 cm³/mol. The summed E-state index contributed by atoms with van der Waals surface area (Å²) in [6.45, 7) is 0. The molecule has 2 saturated heterocycles. The van der Waals surface area contributed by atoms with E-state index in [4.69, 9.17) is 0 Å². The molecule has 3 heterocycles. The molecular weight excluding hydrogens is 322 g/mol. The van der Waals surface area contributed by atoms with Crippen molar-refractivity contribution in [2.24, 2.45) is 0 Å². The molecule has 3 atom stereocenters. The fraction of sp³-hybridized carbons (Fsp3) is 0.529. The Morgan fingerprint density at radius 2 is 2.08 bits per heavy atom. The maximum atomic E-state index is 12.7. The van der Waals surface area contributed by atoms with Gasteiger partial charge < -0.3 is 10.2 Å². The van der Waals surface area contributed by atoms with E-state index < -0.39 is 4.92 Å². The van der Waals surface area contributed by atoms with Crippen molar-refractivity contribution in [1.82, 2.24) is 20.4 Å². The van der Waals surface area contributed by atoms with Gasteiger partial charge in [0.05, 0.1) is 10.4 Å². The SMILES string of the molecule is CN1[C@@H]2CCC[C@H]1CC(NC(=O)c1n[nH]c3ccc([N+](=O)[O-])cc13)C2. The highest BCUT2D eigenvalue weighted by atomic mass is 16.6. The number of hydrogen-bond acceptors (Lipinski definition) is 5. The van der Waals surface area contributed by atoms with Crippen LogP contribution in [0.2, 0.25) is 0 Å². The summed E-state index contributed by atoms with van der Waals surface area (Å²) < 4.78 is 0. The van der Waals surface area contributed by atoms with Crippen LogP contribution in [0.25, 0.3) is 10.9 Å². The molecule has 0 radical (unpaired) electrons. The summed E-state index contributed by atoms with van der Waals surface area (Å²) in [5, 5.41) is 21.4. The third-order valence-electron chi connectivity index (χ3n) is 5.65. The summed E-state index contributed by atoms with van der Waals surface area (Å²) in [5.74, 6) is -0.264. The maximum Gasteiger partial charge on any atom is 0.272 e. The Morgan fingerprint density at radius 1 is 1.36 bits per heavy atom. The molecule has 0 aliphatic carbocycles. The van der Waals surface area contributed by atoms with E-state index in [-0.39, 0.29) is 23.3 Å². The summed E-state index contributed by atoms with van der Waals surface area (Å²) in [7, 11) is 2.17. The Kier molecular flexibility index (Phi) is 3.91. The Labute approximate surface area is 144 Å². The molecule has 25 heavy (non-hydrogen) atoms. The molecule has 2 bridgehead atoms. The second-order valence-corrected chi connectivity index (χ2v) is 7.11. The highest BCUT2D eigenvalue weighted by molar-refractivity contribution is 6.05. The number of nitrogens with zero attached hydrogens (tertiary/aromatic N) is 3. The minimum absolute atomic E-state index is 0.0447. The number of hydrogen-bond donors (Lipinski definition) is 2. The zero-order valence-corrected chi connectivity index (χ0v) is 14.1. The lowest BCUT2D eigenvalue weighted by molar-refractivity contribution is -0.384. The first-order valence-corrected chi connectivity index (χ1v) is 8.68. The smallest absolute Gasteiger partial charge is 0.272 e. The number of nitrogens with one attached hydrogen (secondary N) is 2. The van der Waals surface area contributed by atoms with Crippen LogP contribution in [-0.4, -0.2) is 51.1 Å². The molecule has 1 unspecified atom stereocenters. The molecule has 0 spiro atoms. The zero-order valence-electron chi connectivity index (χ0n) is 14.1. The van der Waals surface area contributed by atoms with Crippen molar-refractivity contribution >= 4 is 22.5 Å². The lowest BCUT2D eigenvalue weighted by atomic mass is 9.82. The number of carbonyl (C=O) groups excluding carboxylic acids is 1. The Balaban J connectivity index is 1.54. The number of nitro groups is 1. The zero-order chi connectivity index (χ0) is 17.6. The topological polar surface area (TPSA) is 104 Å². The first kappa shape index (κ1) is 16.0. The minimum atomic E-state index is -0.466. The van der Waals surface area contributed by atoms with Crippen LogP contribution in [0.1, 0.15) is 42.6 Å². The first-order valence-electron chi connectivity index (χ1n) is 8.68. The minimum Gasteiger partial charge on any atom is -0.348 e. The first-order chi connectivity index (χ1) is 12.0. The normalized spacial score (nSPS) is 26.5. The third-order valence-corrected chi connectivity index (χ3v) is 5.65. The average Bonchev–Trinajstić information content (AvgIpc) is 2.99. The largest absolute Gasteiger partial charge is 0.348 e. The number of aromatic nitrogens is 2. The molecule has 2 aromatic rings. The van der Waals surface area contributed by atoms with Gasteiger partial charge in [0, 0.05) is 35.6 Å². The van der Waals surface area contributed by atoms with Crippen LogP contribution in [0.15, 0.2) is 18.2 Å². The second kappa shape index (κ2) is 6.11. The molecular formula is C17H21N5O3. The number of amides is 1. The standard InChI is InChI=1S/C17H21N5O3/c1-21-11-3-2-4-12(21)8-10(7-11)18-17(23)16-14-9-13(22(24)25)5-6-15(14)19-20-16/h5-6,9-12H,2-4,7-8H2,1H3,(H,18,23)(H,19,20)/t10?,11-,12+. The number of H-pyrrole nitrogens is 1. The Bertz CT molecular complexity index is 819. The average molecular weight is 343 g/mol. The summed E-state index contributed by atoms with van der Waals surface area (Å²) in [6, 6.07) is 5.56. The molecule has 2 aliphatic heterocycles. The van der Waals surface area contributed by atoms with Gasteiger partial charge in [-0.05, 0) is 38.8 Å². The maximum absolute atomic E-state index is 12.7. The summed E-state index contributed by atoms with van der Waals surface area (Å²) in [5.41, 5.74) is 0.801. The van der Waals surface area contributed by atoms with Crippen molar-refractivity contribution in [3.05, 3.63) is 34.0 Å². The van der Waals surface area contributed by atoms with Gasteiger partial charge in [-0.2, -0.15) is 5.10 Å². The van der Waals surface area contributed by atoms with Crippen molar-refractivity contribution in [3.63, 3.8) is 0 Å². The highest BCUT2D eigenvalue weighted by Crippen LogP contribution is 2.33. The third kappa shape index (κ3) is 2.86. The van der Waals surface area contributed by atoms with Gasteiger partial charge in [-0.3, -0.25) is 20.0 Å². The molecule has 1 amide bonds. The molecule has 2 fully saturated rings. The van der Waals surface area contributed by atoms with Crippen LogP contribution < -0.4 is 5.32 Å². The van der Waals surface area contributed by atoms with Gasteiger partial charge in [-0.1, -0.05) is 6.42 Å². The number of carbonyl (C=O) groups is 1. The summed E-state index contributed by atoms with van der Waals surface area (Å²) in [4.78, 5) is 25.6. The lowest BCUT2D eigenvalue weighted by Crippen LogP contribution is -2.55. The van der Waals surface area contributed by atoms with Crippen LogP contribution in [0.4, 0.5) is 5.69 Å². The Morgan fingerprint density at radius 3 is 2.76 bits per heavy atom. The molecule has 1 aromatic heterocycles. The fourth-order valence-corrected chi connectivity index (χ4v) is 4.28. The number of non-ortho nitro benzene ring substituents is 1. The lowest BCUT2D eigenvalue weighted by Gasteiger charge is -2.47. The van der Waals surface area contributed by atoms with Gasteiger partial charge in [0.25, 0.3) is 11.6 Å². The molecule has 132 valence electrons. The van der Waals surface area contributed by atoms with E-state index in [0.717, 1.165) is 12.8 Å². The van der Waals surface area contributed by atoms with Gasteiger partial charge in [-0.15, -0.1) is 0 Å². The molecule has 0 saturated carbocycles. The van der Waals surface area contributed by atoms with E-state index in [1.165, 1.54) is 31.4 Å². The van der Waals surface area contributed by atoms with Gasteiger partial charge in [0.2, 0.25) is 0 Å². The quantitative estimate of drug-likeness (QED) is 0.657. The van der Waals surface area contributed by atoms with Gasteiger partial charge in [-0.25, -0.2) is 0 Å². The van der Waals surface area contributed by atoms with E-state index in [1.807, 2.05) is 0 Å². The number of rotatable bonds is 3.